The normalized spacial score (nSPS) is 29.6. The van der Waals surface area contributed by atoms with Gasteiger partial charge in [0.25, 0.3) is 5.91 Å². The molecular formula is C21H28N2O2. The van der Waals surface area contributed by atoms with Crippen molar-refractivity contribution in [2.75, 3.05) is 6.54 Å². The predicted molar refractivity (Wildman–Crippen MR) is 99.4 cm³/mol. The Kier molecular flexibility index (Phi) is 5.07. The first kappa shape index (κ1) is 17.8. The Labute approximate surface area is 150 Å². The van der Waals surface area contributed by atoms with Gasteiger partial charge in [-0.05, 0) is 38.5 Å². The molecule has 4 nitrogen and oxygen atoms in total. The number of rotatable bonds is 5. The van der Waals surface area contributed by atoms with E-state index in [1.165, 1.54) is 24.3 Å². The molecule has 0 saturated heterocycles. The quantitative estimate of drug-likeness (QED) is 0.750. The molecule has 1 amide bonds. The minimum absolute atomic E-state index is 0.00367. The fourth-order valence-electron chi connectivity index (χ4n) is 4.37. The lowest BCUT2D eigenvalue weighted by Crippen LogP contribution is -2.45. The van der Waals surface area contributed by atoms with Gasteiger partial charge in [-0.25, -0.2) is 5.01 Å². The number of hydrogen-bond donors (Lipinski definition) is 0. The summed E-state index contributed by atoms with van der Waals surface area (Å²) >= 11 is 0. The Bertz CT molecular complexity index is 682. The SMILES string of the molecule is CC[C@@H]1CCC[C@H]([C@]2(C)C(=O)N(CC(=O)c3ccccc3)N=C2C)C1. The maximum Gasteiger partial charge on any atom is 0.255 e. The first-order chi connectivity index (χ1) is 12.0. The molecule has 1 fully saturated rings. The van der Waals surface area contributed by atoms with Gasteiger partial charge in [0.1, 0.15) is 6.54 Å². The Morgan fingerprint density at radius 2 is 2.00 bits per heavy atom. The molecule has 1 aromatic carbocycles. The fraction of sp³-hybridized carbons (Fsp3) is 0.571. The third-order valence-corrected chi connectivity index (χ3v) is 6.27. The summed E-state index contributed by atoms with van der Waals surface area (Å²) in [5.41, 5.74) is 0.936. The van der Waals surface area contributed by atoms with Crippen molar-refractivity contribution in [2.24, 2.45) is 22.4 Å². The zero-order valence-electron chi connectivity index (χ0n) is 15.5. The van der Waals surface area contributed by atoms with Crippen LogP contribution in [0.4, 0.5) is 0 Å². The van der Waals surface area contributed by atoms with Gasteiger partial charge in [-0.1, -0.05) is 56.5 Å². The van der Waals surface area contributed by atoms with E-state index in [4.69, 9.17) is 0 Å². The number of hydrogen-bond acceptors (Lipinski definition) is 3. The molecule has 134 valence electrons. The van der Waals surface area contributed by atoms with Crippen molar-refractivity contribution in [3.05, 3.63) is 35.9 Å². The summed E-state index contributed by atoms with van der Waals surface area (Å²) in [5, 5.41) is 5.90. The number of benzene rings is 1. The highest BCUT2D eigenvalue weighted by molar-refractivity contribution is 6.12. The highest BCUT2D eigenvalue weighted by atomic mass is 16.2. The lowest BCUT2D eigenvalue weighted by molar-refractivity contribution is -0.138. The molecule has 0 spiro atoms. The van der Waals surface area contributed by atoms with Crippen LogP contribution in [-0.4, -0.2) is 29.0 Å². The molecule has 0 radical (unpaired) electrons. The Morgan fingerprint density at radius 1 is 1.28 bits per heavy atom. The van der Waals surface area contributed by atoms with Crippen LogP contribution in [0.5, 0.6) is 0 Å². The molecule has 25 heavy (non-hydrogen) atoms. The van der Waals surface area contributed by atoms with Crippen molar-refractivity contribution in [3.8, 4) is 0 Å². The molecule has 0 bridgehead atoms. The van der Waals surface area contributed by atoms with Gasteiger partial charge in [0, 0.05) is 5.56 Å². The molecule has 3 rings (SSSR count). The number of hydrazone groups is 1. The molecule has 3 atom stereocenters. The van der Waals surface area contributed by atoms with E-state index in [0.29, 0.717) is 17.4 Å². The van der Waals surface area contributed by atoms with E-state index >= 15 is 0 Å². The highest BCUT2D eigenvalue weighted by Gasteiger charge is 2.51. The van der Waals surface area contributed by atoms with Crippen LogP contribution in [0.2, 0.25) is 0 Å². The monoisotopic (exact) mass is 340 g/mol. The number of Topliss-reactive ketones (excluding diaryl/α,β-unsaturated/α-hetero) is 1. The van der Waals surface area contributed by atoms with Crippen molar-refractivity contribution >= 4 is 17.4 Å². The topological polar surface area (TPSA) is 49.7 Å². The van der Waals surface area contributed by atoms with E-state index in [-0.39, 0.29) is 18.2 Å². The van der Waals surface area contributed by atoms with E-state index in [9.17, 15) is 9.59 Å². The second kappa shape index (κ2) is 7.11. The molecule has 2 aliphatic rings. The zero-order valence-corrected chi connectivity index (χ0v) is 15.5. The van der Waals surface area contributed by atoms with Gasteiger partial charge in [0.05, 0.1) is 11.1 Å². The van der Waals surface area contributed by atoms with Crippen LogP contribution < -0.4 is 0 Å². The first-order valence-electron chi connectivity index (χ1n) is 9.42. The molecule has 0 N–H and O–H groups in total. The molecule has 1 heterocycles. The summed E-state index contributed by atoms with van der Waals surface area (Å²) in [6, 6.07) is 9.12. The summed E-state index contributed by atoms with van der Waals surface area (Å²) in [6.07, 6.45) is 5.79. The van der Waals surface area contributed by atoms with Crippen LogP contribution in [0.3, 0.4) is 0 Å². The number of carbonyl (C=O) groups is 2. The number of amides is 1. The summed E-state index contributed by atoms with van der Waals surface area (Å²) in [4.78, 5) is 25.6. The molecule has 4 heteroatoms. The number of nitrogens with zero attached hydrogens (tertiary/aromatic N) is 2. The standard InChI is InChI=1S/C21H28N2O2/c1-4-16-9-8-12-18(13-16)21(3)15(2)22-23(20(21)25)14-19(24)17-10-6-5-7-11-17/h5-7,10-11,16,18H,4,8-9,12-14H2,1-3H3/t16-,18+,21-/m1/s1. The smallest absolute Gasteiger partial charge is 0.255 e. The minimum atomic E-state index is -0.551. The molecule has 1 aromatic rings. The van der Waals surface area contributed by atoms with Crippen LogP contribution in [0.1, 0.15) is 63.2 Å². The molecule has 0 aromatic heterocycles. The van der Waals surface area contributed by atoms with Gasteiger partial charge in [-0.2, -0.15) is 5.10 Å². The van der Waals surface area contributed by atoms with Crippen molar-refractivity contribution in [1.29, 1.82) is 0 Å². The second-order valence-corrected chi connectivity index (χ2v) is 7.68. The number of carbonyl (C=O) groups excluding carboxylic acids is 2. The Balaban J connectivity index is 1.75. The van der Waals surface area contributed by atoms with Crippen LogP contribution >= 0.6 is 0 Å². The van der Waals surface area contributed by atoms with Crippen molar-refractivity contribution in [1.82, 2.24) is 5.01 Å². The fourth-order valence-corrected chi connectivity index (χ4v) is 4.37. The largest absolute Gasteiger partial charge is 0.292 e. The van der Waals surface area contributed by atoms with Gasteiger partial charge in [-0.3, -0.25) is 9.59 Å². The molecule has 0 unspecified atom stereocenters. The van der Waals surface area contributed by atoms with Gasteiger partial charge in [0.15, 0.2) is 5.78 Å². The maximum atomic E-state index is 13.2. The Morgan fingerprint density at radius 3 is 2.68 bits per heavy atom. The Hall–Kier alpha value is -1.97. The van der Waals surface area contributed by atoms with Crippen molar-refractivity contribution in [3.63, 3.8) is 0 Å². The van der Waals surface area contributed by atoms with Gasteiger partial charge >= 0.3 is 0 Å². The lowest BCUT2D eigenvalue weighted by Gasteiger charge is -2.38. The van der Waals surface area contributed by atoms with Crippen LogP contribution in [0.25, 0.3) is 0 Å². The third-order valence-electron chi connectivity index (χ3n) is 6.27. The molecular weight excluding hydrogens is 312 g/mol. The molecule has 1 aliphatic carbocycles. The average Bonchev–Trinajstić information content (AvgIpc) is 2.87. The van der Waals surface area contributed by atoms with E-state index in [0.717, 1.165) is 18.6 Å². The van der Waals surface area contributed by atoms with E-state index in [2.05, 4.69) is 12.0 Å². The summed E-state index contributed by atoms with van der Waals surface area (Å²) in [7, 11) is 0. The summed E-state index contributed by atoms with van der Waals surface area (Å²) in [5.74, 6) is 0.969. The summed E-state index contributed by atoms with van der Waals surface area (Å²) in [6.45, 7) is 6.24. The van der Waals surface area contributed by atoms with E-state index in [1.54, 1.807) is 12.1 Å². The van der Waals surface area contributed by atoms with Gasteiger partial charge in [-0.15, -0.1) is 0 Å². The summed E-state index contributed by atoms with van der Waals surface area (Å²) < 4.78 is 0. The van der Waals surface area contributed by atoms with E-state index in [1.807, 2.05) is 32.0 Å². The highest BCUT2D eigenvalue weighted by Crippen LogP contribution is 2.46. The van der Waals surface area contributed by atoms with Gasteiger partial charge in [0.2, 0.25) is 0 Å². The zero-order chi connectivity index (χ0) is 18.0. The van der Waals surface area contributed by atoms with Crippen molar-refractivity contribution < 1.29 is 9.59 Å². The van der Waals surface area contributed by atoms with Crippen LogP contribution in [0.15, 0.2) is 35.4 Å². The maximum absolute atomic E-state index is 13.2. The molecule has 1 saturated carbocycles. The van der Waals surface area contributed by atoms with Crippen LogP contribution in [0, 0.1) is 17.3 Å². The third kappa shape index (κ3) is 3.26. The van der Waals surface area contributed by atoms with Crippen LogP contribution in [-0.2, 0) is 4.79 Å². The average molecular weight is 340 g/mol. The van der Waals surface area contributed by atoms with Gasteiger partial charge < -0.3 is 0 Å². The molecule has 1 aliphatic heterocycles. The van der Waals surface area contributed by atoms with E-state index < -0.39 is 5.41 Å². The second-order valence-electron chi connectivity index (χ2n) is 7.68. The lowest BCUT2D eigenvalue weighted by atomic mass is 9.64. The predicted octanol–water partition coefficient (Wildman–Crippen LogP) is 4.31. The minimum Gasteiger partial charge on any atom is -0.292 e. The number of ketones is 1. The first-order valence-corrected chi connectivity index (χ1v) is 9.42. The van der Waals surface area contributed by atoms with Crippen molar-refractivity contribution in [2.45, 2.75) is 52.9 Å².